The van der Waals surface area contributed by atoms with Gasteiger partial charge in [-0.05, 0) is 18.2 Å². The molecule has 0 aliphatic heterocycles. The summed E-state index contributed by atoms with van der Waals surface area (Å²) in [6, 6.07) is 5.59. The summed E-state index contributed by atoms with van der Waals surface area (Å²) in [6.45, 7) is 3.60. The van der Waals surface area contributed by atoms with Crippen molar-refractivity contribution < 1.29 is 4.42 Å². The number of fused-ring (bicyclic) bond motifs is 1. The molecular weight excluding hydrogens is 138 g/mol. The molecule has 0 amide bonds. The van der Waals surface area contributed by atoms with Gasteiger partial charge in [-0.1, -0.05) is 6.58 Å². The Morgan fingerprint density at radius 3 is 3.18 bits per heavy atom. The van der Waals surface area contributed by atoms with Crippen molar-refractivity contribution in [3.63, 3.8) is 0 Å². The van der Waals surface area contributed by atoms with Crippen LogP contribution in [0.2, 0.25) is 0 Å². The van der Waals surface area contributed by atoms with E-state index in [-0.39, 0.29) is 0 Å². The predicted octanol–water partition coefficient (Wildman–Crippen LogP) is 2.47. The first kappa shape index (κ1) is 6.16. The topological polar surface area (TPSA) is 26.0 Å². The molecule has 2 aromatic rings. The molecule has 0 aromatic carbocycles. The minimum atomic E-state index is 0.763. The van der Waals surface area contributed by atoms with Crippen molar-refractivity contribution in [2.24, 2.45) is 0 Å². The Balaban J connectivity index is 2.78. The number of aromatic nitrogens is 1. The molecule has 0 N–H and O–H groups in total. The molecule has 0 saturated heterocycles. The van der Waals surface area contributed by atoms with Crippen LogP contribution in [-0.4, -0.2) is 4.98 Å². The quantitative estimate of drug-likeness (QED) is 0.616. The Bertz CT molecular complexity index is 356. The van der Waals surface area contributed by atoms with Crippen LogP contribution in [0.4, 0.5) is 0 Å². The summed E-state index contributed by atoms with van der Waals surface area (Å²) in [5.41, 5.74) is 1.69. The molecule has 2 rings (SSSR count). The molecule has 54 valence electrons. The van der Waals surface area contributed by atoms with Crippen molar-refractivity contribution in [2.75, 3.05) is 0 Å². The summed E-state index contributed by atoms with van der Waals surface area (Å²) < 4.78 is 5.34. The van der Waals surface area contributed by atoms with Gasteiger partial charge in [-0.2, -0.15) is 0 Å². The first-order valence-electron chi connectivity index (χ1n) is 3.37. The van der Waals surface area contributed by atoms with E-state index in [1.54, 1.807) is 12.3 Å². The highest BCUT2D eigenvalue weighted by molar-refractivity contribution is 5.74. The highest BCUT2D eigenvalue weighted by atomic mass is 16.3. The molecule has 2 heterocycles. The zero-order valence-corrected chi connectivity index (χ0v) is 5.95. The lowest BCUT2D eigenvalue weighted by Crippen LogP contribution is -1.66. The molecule has 0 aliphatic carbocycles. The second-order valence-corrected chi connectivity index (χ2v) is 2.24. The van der Waals surface area contributed by atoms with E-state index in [1.807, 2.05) is 18.2 Å². The molecule has 0 unspecified atom stereocenters. The zero-order valence-electron chi connectivity index (χ0n) is 5.95. The maximum absolute atomic E-state index is 5.34. The number of hydrogen-bond acceptors (Lipinski definition) is 2. The molecule has 2 aromatic heterocycles. The summed E-state index contributed by atoms with van der Waals surface area (Å²) >= 11 is 0. The third kappa shape index (κ3) is 0.923. The van der Waals surface area contributed by atoms with Gasteiger partial charge in [-0.25, -0.2) is 0 Å². The Labute approximate surface area is 64.2 Å². The number of furan rings is 1. The van der Waals surface area contributed by atoms with E-state index < -0.39 is 0 Å². The normalized spacial score (nSPS) is 10.2. The average molecular weight is 145 g/mol. The van der Waals surface area contributed by atoms with E-state index >= 15 is 0 Å². The molecule has 2 nitrogen and oxygen atoms in total. The third-order valence-electron chi connectivity index (χ3n) is 1.51. The fraction of sp³-hybridized carbons (Fsp3) is 0. The number of nitrogens with zero attached hydrogens (tertiary/aromatic N) is 1. The summed E-state index contributed by atoms with van der Waals surface area (Å²) in [7, 11) is 0. The van der Waals surface area contributed by atoms with Gasteiger partial charge in [0, 0.05) is 12.3 Å². The van der Waals surface area contributed by atoms with Gasteiger partial charge in [0.2, 0.25) is 0 Å². The van der Waals surface area contributed by atoms with Crippen molar-refractivity contribution in [1.29, 1.82) is 0 Å². The summed E-state index contributed by atoms with van der Waals surface area (Å²) in [4.78, 5) is 4.11. The lowest BCUT2D eigenvalue weighted by Gasteiger charge is -1.81. The highest BCUT2D eigenvalue weighted by Gasteiger charge is 1.98. The van der Waals surface area contributed by atoms with Crippen molar-refractivity contribution >= 4 is 17.2 Å². The smallest absolute Gasteiger partial charge is 0.153 e. The monoisotopic (exact) mass is 145 g/mol. The fourth-order valence-corrected chi connectivity index (χ4v) is 0.989. The molecule has 0 spiro atoms. The van der Waals surface area contributed by atoms with Crippen LogP contribution < -0.4 is 0 Å². The molecule has 0 fully saturated rings. The molecule has 0 aliphatic rings. The molecule has 11 heavy (non-hydrogen) atoms. The Morgan fingerprint density at radius 1 is 1.55 bits per heavy atom. The van der Waals surface area contributed by atoms with Gasteiger partial charge in [-0.15, -0.1) is 0 Å². The standard InChI is InChI=1S/C9H7NO/c1-2-7-6-8-9(11-7)4-3-5-10-8/h2-6H,1H2. The Morgan fingerprint density at radius 2 is 2.45 bits per heavy atom. The van der Waals surface area contributed by atoms with E-state index in [4.69, 9.17) is 4.42 Å². The first-order valence-corrected chi connectivity index (χ1v) is 3.37. The Hall–Kier alpha value is -1.57. The van der Waals surface area contributed by atoms with Crippen LogP contribution in [0.1, 0.15) is 5.76 Å². The average Bonchev–Trinajstić information content (AvgIpc) is 2.46. The van der Waals surface area contributed by atoms with Gasteiger partial charge >= 0.3 is 0 Å². The van der Waals surface area contributed by atoms with Crippen LogP contribution in [0.3, 0.4) is 0 Å². The Kier molecular flexibility index (Phi) is 1.25. The van der Waals surface area contributed by atoms with Crippen molar-refractivity contribution in [1.82, 2.24) is 4.98 Å². The largest absolute Gasteiger partial charge is 0.455 e. The van der Waals surface area contributed by atoms with Crippen molar-refractivity contribution in [3.05, 3.63) is 36.7 Å². The van der Waals surface area contributed by atoms with E-state index in [2.05, 4.69) is 11.6 Å². The van der Waals surface area contributed by atoms with E-state index in [0.717, 1.165) is 16.9 Å². The van der Waals surface area contributed by atoms with Crippen LogP contribution in [0.5, 0.6) is 0 Å². The summed E-state index contributed by atoms with van der Waals surface area (Å²) in [5, 5.41) is 0. The van der Waals surface area contributed by atoms with Crippen molar-refractivity contribution in [3.8, 4) is 0 Å². The van der Waals surface area contributed by atoms with Crippen molar-refractivity contribution in [2.45, 2.75) is 0 Å². The lowest BCUT2D eigenvalue weighted by atomic mass is 10.4. The summed E-state index contributed by atoms with van der Waals surface area (Å²) in [6.07, 6.45) is 3.41. The van der Waals surface area contributed by atoms with Gasteiger partial charge < -0.3 is 4.42 Å². The van der Waals surface area contributed by atoms with E-state index in [1.165, 1.54) is 0 Å². The maximum Gasteiger partial charge on any atom is 0.153 e. The number of pyridine rings is 1. The minimum absolute atomic E-state index is 0.763. The van der Waals surface area contributed by atoms with Crippen LogP contribution in [-0.2, 0) is 0 Å². The third-order valence-corrected chi connectivity index (χ3v) is 1.51. The van der Waals surface area contributed by atoms with Crippen LogP contribution in [0.15, 0.2) is 35.4 Å². The molecular formula is C9H7NO. The first-order chi connectivity index (χ1) is 5.40. The fourth-order valence-electron chi connectivity index (χ4n) is 0.989. The van der Waals surface area contributed by atoms with E-state index in [0.29, 0.717) is 0 Å². The van der Waals surface area contributed by atoms with Crippen LogP contribution in [0, 0.1) is 0 Å². The molecule has 0 saturated carbocycles. The van der Waals surface area contributed by atoms with Crippen LogP contribution >= 0.6 is 0 Å². The van der Waals surface area contributed by atoms with Gasteiger partial charge in [0.15, 0.2) is 5.58 Å². The number of rotatable bonds is 1. The molecule has 0 atom stereocenters. The lowest BCUT2D eigenvalue weighted by molar-refractivity contribution is 0.604. The second kappa shape index (κ2) is 2.23. The highest BCUT2D eigenvalue weighted by Crippen LogP contribution is 2.16. The van der Waals surface area contributed by atoms with Gasteiger partial charge in [0.1, 0.15) is 11.3 Å². The molecule has 0 radical (unpaired) electrons. The minimum Gasteiger partial charge on any atom is -0.455 e. The number of hydrogen-bond donors (Lipinski definition) is 0. The predicted molar refractivity (Wildman–Crippen MR) is 44.1 cm³/mol. The SMILES string of the molecule is C=Cc1cc2ncccc2o1. The molecule has 0 bridgehead atoms. The molecule has 2 heteroatoms. The van der Waals surface area contributed by atoms with Gasteiger partial charge in [-0.3, -0.25) is 4.98 Å². The van der Waals surface area contributed by atoms with Gasteiger partial charge in [0.05, 0.1) is 0 Å². The van der Waals surface area contributed by atoms with E-state index in [9.17, 15) is 0 Å². The zero-order chi connectivity index (χ0) is 7.68. The van der Waals surface area contributed by atoms with Gasteiger partial charge in [0.25, 0.3) is 0 Å². The van der Waals surface area contributed by atoms with Crippen LogP contribution in [0.25, 0.3) is 17.2 Å². The second-order valence-electron chi connectivity index (χ2n) is 2.24. The maximum atomic E-state index is 5.34. The summed E-state index contributed by atoms with van der Waals surface area (Å²) in [5.74, 6) is 0.763.